The molecule has 0 atom stereocenters. The second kappa shape index (κ2) is 8.68. The first kappa shape index (κ1) is 18.9. The van der Waals surface area contributed by atoms with Crippen molar-refractivity contribution in [2.24, 2.45) is 5.10 Å². The molecule has 3 aromatic rings. The van der Waals surface area contributed by atoms with E-state index < -0.39 is 5.91 Å². The average Bonchev–Trinajstić information content (AvgIpc) is 2.69. The van der Waals surface area contributed by atoms with Gasteiger partial charge in [0.1, 0.15) is 29.7 Å². The SMILES string of the molecule is O=C(NN=Cc1cccc(OCc2ccccc2F)c1)c1cc(O)ccc1O. The largest absolute Gasteiger partial charge is 0.508 e. The molecule has 0 aromatic heterocycles. The molecule has 0 aliphatic heterocycles. The molecule has 6 nitrogen and oxygen atoms in total. The van der Waals surface area contributed by atoms with Gasteiger partial charge in [0.15, 0.2) is 0 Å². The van der Waals surface area contributed by atoms with E-state index in [0.717, 1.165) is 6.07 Å². The van der Waals surface area contributed by atoms with Crippen LogP contribution >= 0.6 is 0 Å². The molecule has 0 saturated carbocycles. The highest BCUT2D eigenvalue weighted by atomic mass is 19.1. The summed E-state index contributed by atoms with van der Waals surface area (Å²) in [7, 11) is 0. The molecule has 0 heterocycles. The van der Waals surface area contributed by atoms with Crippen molar-refractivity contribution in [3.05, 3.63) is 89.2 Å². The molecule has 0 aliphatic carbocycles. The quantitative estimate of drug-likeness (QED) is 0.346. The number of carbonyl (C=O) groups excluding carboxylic acids is 1. The third kappa shape index (κ3) is 4.85. The lowest BCUT2D eigenvalue weighted by molar-refractivity contribution is 0.0952. The van der Waals surface area contributed by atoms with Crippen molar-refractivity contribution in [3.8, 4) is 17.2 Å². The van der Waals surface area contributed by atoms with Gasteiger partial charge >= 0.3 is 0 Å². The first-order chi connectivity index (χ1) is 13.5. The first-order valence-electron chi connectivity index (χ1n) is 8.34. The molecule has 7 heteroatoms. The lowest BCUT2D eigenvalue weighted by Gasteiger charge is -2.07. The van der Waals surface area contributed by atoms with Crippen LogP contribution in [0, 0.1) is 5.82 Å². The third-order valence-electron chi connectivity index (χ3n) is 3.81. The maximum Gasteiger partial charge on any atom is 0.275 e. The Bertz CT molecular complexity index is 1020. The van der Waals surface area contributed by atoms with Crippen LogP contribution in [0.3, 0.4) is 0 Å². The second-order valence-corrected chi connectivity index (χ2v) is 5.85. The van der Waals surface area contributed by atoms with E-state index >= 15 is 0 Å². The average molecular weight is 380 g/mol. The summed E-state index contributed by atoms with van der Waals surface area (Å²) in [6.45, 7) is 0.0841. The minimum atomic E-state index is -0.670. The van der Waals surface area contributed by atoms with Gasteiger partial charge in [-0.15, -0.1) is 0 Å². The molecule has 0 fully saturated rings. The lowest BCUT2D eigenvalue weighted by Crippen LogP contribution is -2.17. The normalized spacial score (nSPS) is 10.8. The third-order valence-corrected chi connectivity index (χ3v) is 3.81. The number of nitrogens with zero attached hydrogens (tertiary/aromatic N) is 1. The van der Waals surface area contributed by atoms with E-state index in [4.69, 9.17) is 4.74 Å². The second-order valence-electron chi connectivity index (χ2n) is 5.85. The highest BCUT2D eigenvalue weighted by molar-refractivity contribution is 5.97. The van der Waals surface area contributed by atoms with E-state index in [9.17, 15) is 19.4 Å². The summed E-state index contributed by atoms with van der Waals surface area (Å²) in [5.41, 5.74) is 3.26. The Labute approximate surface area is 160 Å². The summed E-state index contributed by atoms with van der Waals surface area (Å²) in [6, 6.07) is 16.9. The number of aromatic hydroxyl groups is 2. The number of carbonyl (C=O) groups is 1. The highest BCUT2D eigenvalue weighted by Gasteiger charge is 2.11. The number of hydrogen-bond acceptors (Lipinski definition) is 5. The standard InChI is InChI=1S/C21H17FN2O4/c22-19-7-2-1-5-15(19)13-28-17-6-3-4-14(10-17)12-23-24-21(27)18-11-16(25)8-9-20(18)26/h1-12,25-26H,13H2,(H,24,27). The number of phenols is 2. The zero-order chi connectivity index (χ0) is 19.9. The summed E-state index contributed by atoms with van der Waals surface area (Å²) in [4.78, 5) is 12.0. The first-order valence-corrected chi connectivity index (χ1v) is 8.34. The van der Waals surface area contributed by atoms with Gasteiger partial charge in [-0.05, 0) is 42.0 Å². The molecule has 3 rings (SSSR count). The fourth-order valence-corrected chi connectivity index (χ4v) is 2.39. The number of ether oxygens (including phenoxy) is 1. The monoisotopic (exact) mass is 380 g/mol. The molecule has 0 saturated heterocycles. The van der Waals surface area contributed by atoms with E-state index in [1.165, 1.54) is 24.4 Å². The molecule has 1 amide bonds. The van der Waals surface area contributed by atoms with Crippen LogP contribution in [-0.4, -0.2) is 22.3 Å². The molecule has 0 unspecified atom stereocenters. The molecule has 28 heavy (non-hydrogen) atoms. The van der Waals surface area contributed by atoms with Gasteiger partial charge in [0.2, 0.25) is 0 Å². The van der Waals surface area contributed by atoms with Gasteiger partial charge in [0.25, 0.3) is 5.91 Å². The van der Waals surface area contributed by atoms with Crippen LogP contribution in [-0.2, 0) is 6.61 Å². The van der Waals surface area contributed by atoms with Crippen molar-refractivity contribution in [1.29, 1.82) is 0 Å². The van der Waals surface area contributed by atoms with Gasteiger partial charge in [-0.3, -0.25) is 4.79 Å². The number of amides is 1. The Kier molecular flexibility index (Phi) is 5.86. The van der Waals surface area contributed by atoms with Crippen molar-refractivity contribution >= 4 is 12.1 Å². The maximum absolute atomic E-state index is 13.6. The van der Waals surface area contributed by atoms with Gasteiger partial charge in [-0.2, -0.15) is 5.10 Å². The van der Waals surface area contributed by atoms with Gasteiger partial charge in [0, 0.05) is 5.56 Å². The van der Waals surface area contributed by atoms with Gasteiger partial charge in [-0.25, -0.2) is 9.82 Å². The Balaban J connectivity index is 1.61. The number of hydrazone groups is 1. The Morgan fingerprint density at radius 2 is 1.89 bits per heavy atom. The van der Waals surface area contributed by atoms with Crippen LogP contribution in [0.1, 0.15) is 21.5 Å². The number of rotatable bonds is 6. The number of nitrogens with one attached hydrogen (secondary N) is 1. The Morgan fingerprint density at radius 3 is 2.71 bits per heavy atom. The summed E-state index contributed by atoms with van der Waals surface area (Å²) in [5.74, 6) is -0.903. The van der Waals surface area contributed by atoms with Crippen molar-refractivity contribution < 1.29 is 24.1 Å². The minimum Gasteiger partial charge on any atom is -0.508 e. The summed E-state index contributed by atoms with van der Waals surface area (Å²) >= 11 is 0. The van der Waals surface area contributed by atoms with Crippen LogP contribution in [0.15, 0.2) is 71.8 Å². The van der Waals surface area contributed by atoms with E-state index in [0.29, 0.717) is 16.9 Å². The minimum absolute atomic E-state index is 0.0841. The van der Waals surface area contributed by atoms with E-state index in [-0.39, 0.29) is 29.5 Å². The van der Waals surface area contributed by atoms with Crippen LogP contribution in [0.4, 0.5) is 4.39 Å². The van der Waals surface area contributed by atoms with Gasteiger partial charge in [0.05, 0.1) is 11.8 Å². The van der Waals surface area contributed by atoms with E-state index in [1.807, 2.05) is 0 Å². The fourth-order valence-electron chi connectivity index (χ4n) is 2.39. The smallest absolute Gasteiger partial charge is 0.275 e. The number of halogens is 1. The molecule has 142 valence electrons. The van der Waals surface area contributed by atoms with Crippen molar-refractivity contribution in [2.75, 3.05) is 0 Å². The molecule has 0 aliphatic rings. The summed E-state index contributed by atoms with van der Waals surface area (Å²) < 4.78 is 19.2. The fraction of sp³-hybridized carbons (Fsp3) is 0.0476. The van der Waals surface area contributed by atoms with Crippen molar-refractivity contribution in [3.63, 3.8) is 0 Å². The Hall–Kier alpha value is -3.87. The molecular weight excluding hydrogens is 363 g/mol. The number of phenolic OH excluding ortho intramolecular Hbond substituents is 2. The predicted octanol–water partition coefficient (Wildman–Crippen LogP) is 3.58. The van der Waals surface area contributed by atoms with Crippen LogP contribution in [0.2, 0.25) is 0 Å². The molecular formula is C21H17FN2O4. The van der Waals surface area contributed by atoms with Crippen LogP contribution < -0.4 is 10.2 Å². The lowest BCUT2D eigenvalue weighted by atomic mass is 10.2. The summed E-state index contributed by atoms with van der Waals surface area (Å²) in [6.07, 6.45) is 1.40. The van der Waals surface area contributed by atoms with E-state index in [2.05, 4.69) is 10.5 Å². The molecule has 3 N–H and O–H groups in total. The predicted molar refractivity (Wildman–Crippen MR) is 102 cm³/mol. The molecule has 0 radical (unpaired) electrons. The summed E-state index contributed by atoms with van der Waals surface area (Å²) in [5, 5.41) is 22.9. The van der Waals surface area contributed by atoms with Crippen LogP contribution in [0.5, 0.6) is 17.2 Å². The number of benzene rings is 3. The van der Waals surface area contributed by atoms with Gasteiger partial charge in [-0.1, -0.05) is 30.3 Å². The highest BCUT2D eigenvalue weighted by Crippen LogP contribution is 2.21. The molecule has 0 bridgehead atoms. The Morgan fingerprint density at radius 1 is 1.07 bits per heavy atom. The zero-order valence-corrected chi connectivity index (χ0v) is 14.7. The van der Waals surface area contributed by atoms with E-state index in [1.54, 1.807) is 42.5 Å². The van der Waals surface area contributed by atoms with Crippen molar-refractivity contribution in [1.82, 2.24) is 5.43 Å². The maximum atomic E-state index is 13.6. The van der Waals surface area contributed by atoms with Crippen LogP contribution in [0.25, 0.3) is 0 Å². The van der Waals surface area contributed by atoms with Gasteiger partial charge < -0.3 is 14.9 Å². The zero-order valence-electron chi connectivity index (χ0n) is 14.7. The molecule has 3 aromatic carbocycles. The van der Waals surface area contributed by atoms with Crippen molar-refractivity contribution in [2.45, 2.75) is 6.61 Å². The molecule has 0 spiro atoms. The number of hydrogen-bond donors (Lipinski definition) is 3. The topological polar surface area (TPSA) is 91.2 Å².